The quantitative estimate of drug-likeness (QED) is 0.938. The molecule has 0 radical (unpaired) electrons. The summed E-state index contributed by atoms with van der Waals surface area (Å²) in [6.45, 7) is 0.719. The van der Waals surface area contributed by atoms with Crippen LogP contribution in [0.25, 0.3) is 0 Å². The Kier molecular flexibility index (Phi) is 4.04. The van der Waals surface area contributed by atoms with Crippen LogP contribution in [0.15, 0.2) is 36.4 Å². The molecule has 0 saturated carbocycles. The molecule has 0 spiro atoms. The molecule has 0 saturated heterocycles. The second kappa shape index (κ2) is 5.96. The summed E-state index contributed by atoms with van der Waals surface area (Å²) >= 11 is 6.03. The standard InChI is InChI=1S/C17H17ClO3/c1-20-16-5-3-14(18)9-13(16)10-15(19)11-2-4-17-12(8-11)6-7-21-17/h2-5,8-9,15,19H,6-7,10H2,1H3. The molecule has 0 aliphatic carbocycles. The first-order valence-corrected chi connectivity index (χ1v) is 7.31. The van der Waals surface area contributed by atoms with Crippen molar-refractivity contribution in [2.75, 3.05) is 13.7 Å². The number of hydrogen-bond donors (Lipinski definition) is 1. The molecule has 0 bridgehead atoms. The lowest BCUT2D eigenvalue weighted by Crippen LogP contribution is -2.04. The number of aliphatic hydroxyl groups is 1. The number of ether oxygens (including phenoxy) is 2. The third-order valence-corrected chi connectivity index (χ3v) is 3.99. The fraction of sp³-hybridized carbons (Fsp3) is 0.294. The van der Waals surface area contributed by atoms with Gasteiger partial charge in [-0.15, -0.1) is 0 Å². The molecule has 0 aromatic heterocycles. The molecule has 3 rings (SSSR count). The molecule has 1 aliphatic heterocycles. The van der Waals surface area contributed by atoms with Gasteiger partial charge in [0.2, 0.25) is 0 Å². The van der Waals surface area contributed by atoms with Gasteiger partial charge in [0.25, 0.3) is 0 Å². The van der Waals surface area contributed by atoms with Gasteiger partial charge in [-0.3, -0.25) is 0 Å². The van der Waals surface area contributed by atoms with E-state index in [1.807, 2.05) is 30.3 Å². The molecule has 4 heteroatoms. The number of methoxy groups -OCH3 is 1. The first-order chi connectivity index (χ1) is 10.2. The molecule has 1 N–H and O–H groups in total. The number of fused-ring (bicyclic) bond motifs is 1. The largest absolute Gasteiger partial charge is 0.496 e. The lowest BCUT2D eigenvalue weighted by molar-refractivity contribution is 0.177. The van der Waals surface area contributed by atoms with Crippen molar-refractivity contribution in [3.63, 3.8) is 0 Å². The van der Waals surface area contributed by atoms with Gasteiger partial charge >= 0.3 is 0 Å². The molecule has 1 atom stereocenters. The van der Waals surface area contributed by atoms with Crippen LogP contribution in [-0.2, 0) is 12.8 Å². The maximum Gasteiger partial charge on any atom is 0.122 e. The summed E-state index contributed by atoms with van der Waals surface area (Å²) in [5.41, 5.74) is 2.94. The van der Waals surface area contributed by atoms with Gasteiger partial charge in [0, 0.05) is 17.9 Å². The van der Waals surface area contributed by atoms with E-state index < -0.39 is 6.10 Å². The fourth-order valence-electron chi connectivity index (χ4n) is 2.65. The maximum atomic E-state index is 10.5. The Bertz CT molecular complexity index is 654. The molecule has 1 unspecified atom stereocenters. The number of halogens is 1. The first kappa shape index (κ1) is 14.2. The van der Waals surface area contributed by atoms with Crippen molar-refractivity contribution in [2.45, 2.75) is 18.9 Å². The summed E-state index contributed by atoms with van der Waals surface area (Å²) in [4.78, 5) is 0. The highest BCUT2D eigenvalue weighted by atomic mass is 35.5. The van der Waals surface area contributed by atoms with Crippen LogP contribution in [0.1, 0.15) is 22.8 Å². The zero-order valence-electron chi connectivity index (χ0n) is 11.8. The van der Waals surface area contributed by atoms with Crippen molar-refractivity contribution in [2.24, 2.45) is 0 Å². The summed E-state index contributed by atoms with van der Waals surface area (Å²) in [5.74, 6) is 1.66. The predicted molar refractivity (Wildman–Crippen MR) is 82.3 cm³/mol. The maximum absolute atomic E-state index is 10.5. The molecule has 110 valence electrons. The Morgan fingerprint density at radius 2 is 2.14 bits per heavy atom. The summed E-state index contributed by atoms with van der Waals surface area (Å²) < 4.78 is 10.8. The molecule has 3 nitrogen and oxygen atoms in total. The van der Waals surface area contributed by atoms with Gasteiger partial charge in [-0.25, -0.2) is 0 Å². The van der Waals surface area contributed by atoms with Crippen molar-refractivity contribution in [1.29, 1.82) is 0 Å². The number of hydrogen-bond acceptors (Lipinski definition) is 3. The van der Waals surface area contributed by atoms with Crippen LogP contribution >= 0.6 is 11.6 Å². The van der Waals surface area contributed by atoms with Gasteiger partial charge in [-0.1, -0.05) is 17.7 Å². The van der Waals surface area contributed by atoms with Crippen molar-refractivity contribution in [3.8, 4) is 11.5 Å². The molecular formula is C17H17ClO3. The van der Waals surface area contributed by atoms with E-state index in [0.717, 1.165) is 41.2 Å². The minimum absolute atomic E-state index is 0.462. The Morgan fingerprint density at radius 3 is 2.95 bits per heavy atom. The lowest BCUT2D eigenvalue weighted by atomic mass is 9.98. The van der Waals surface area contributed by atoms with Crippen molar-refractivity contribution in [3.05, 3.63) is 58.1 Å². The minimum atomic E-state index is -0.594. The molecule has 21 heavy (non-hydrogen) atoms. The zero-order valence-corrected chi connectivity index (χ0v) is 12.6. The normalized spacial score (nSPS) is 14.4. The van der Waals surface area contributed by atoms with E-state index in [1.165, 1.54) is 0 Å². The van der Waals surface area contributed by atoms with Crippen LogP contribution in [0.4, 0.5) is 0 Å². The Balaban J connectivity index is 1.83. The van der Waals surface area contributed by atoms with Crippen LogP contribution < -0.4 is 9.47 Å². The highest BCUT2D eigenvalue weighted by Gasteiger charge is 2.17. The second-order valence-electron chi connectivity index (χ2n) is 5.14. The van der Waals surface area contributed by atoms with E-state index >= 15 is 0 Å². The third kappa shape index (κ3) is 2.99. The van der Waals surface area contributed by atoms with Crippen molar-refractivity contribution < 1.29 is 14.6 Å². The summed E-state index contributed by atoms with van der Waals surface area (Å²) in [7, 11) is 1.62. The van der Waals surface area contributed by atoms with E-state index in [2.05, 4.69) is 0 Å². The van der Waals surface area contributed by atoms with Gasteiger partial charge in [0.05, 0.1) is 19.8 Å². The third-order valence-electron chi connectivity index (χ3n) is 3.75. The Hall–Kier alpha value is -1.71. The van der Waals surface area contributed by atoms with Gasteiger partial charge in [-0.05, 0) is 47.0 Å². The smallest absolute Gasteiger partial charge is 0.122 e. The first-order valence-electron chi connectivity index (χ1n) is 6.93. The zero-order chi connectivity index (χ0) is 14.8. The average molecular weight is 305 g/mol. The van der Waals surface area contributed by atoms with E-state index in [4.69, 9.17) is 21.1 Å². The number of aliphatic hydroxyl groups excluding tert-OH is 1. The lowest BCUT2D eigenvalue weighted by Gasteiger charge is -2.15. The Labute approximate surface area is 129 Å². The van der Waals surface area contributed by atoms with E-state index in [-0.39, 0.29) is 0 Å². The Morgan fingerprint density at radius 1 is 1.29 bits per heavy atom. The molecule has 2 aromatic carbocycles. The van der Waals surface area contributed by atoms with Gasteiger partial charge in [-0.2, -0.15) is 0 Å². The van der Waals surface area contributed by atoms with Crippen LogP contribution in [0.2, 0.25) is 5.02 Å². The monoisotopic (exact) mass is 304 g/mol. The van der Waals surface area contributed by atoms with E-state index in [1.54, 1.807) is 13.2 Å². The van der Waals surface area contributed by atoms with Crippen LogP contribution in [0.5, 0.6) is 11.5 Å². The highest BCUT2D eigenvalue weighted by Crippen LogP contribution is 2.31. The SMILES string of the molecule is COc1ccc(Cl)cc1CC(O)c1ccc2c(c1)CCO2. The van der Waals surface area contributed by atoms with E-state index in [9.17, 15) is 5.11 Å². The summed E-state index contributed by atoms with van der Waals surface area (Å²) in [6.07, 6.45) is 0.767. The minimum Gasteiger partial charge on any atom is -0.496 e. The molecule has 0 amide bonds. The molecule has 1 aliphatic rings. The second-order valence-corrected chi connectivity index (χ2v) is 5.58. The molecule has 2 aromatic rings. The molecular weight excluding hydrogens is 288 g/mol. The highest BCUT2D eigenvalue weighted by molar-refractivity contribution is 6.30. The molecule has 1 heterocycles. The van der Waals surface area contributed by atoms with Gasteiger partial charge in [0.1, 0.15) is 11.5 Å². The predicted octanol–water partition coefficient (Wildman–Crippen LogP) is 3.56. The van der Waals surface area contributed by atoms with Crippen molar-refractivity contribution >= 4 is 11.6 Å². The van der Waals surface area contributed by atoms with Crippen LogP contribution in [-0.4, -0.2) is 18.8 Å². The molecule has 0 fully saturated rings. The van der Waals surface area contributed by atoms with E-state index in [0.29, 0.717) is 11.4 Å². The topological polar surface area (TPSA) is 38.7 Å². The summed E-state index contributed by atoms with van der Waals surface area (Å²) in [5, 5.41) is 11.1. The number of benzene rings is 2. The van der Waals surface area contributed by atoms with Crippen LogP contribution in [0.3, 0.4) is 0 Å². The van der Waals surface area contributed by atoms with Gasteiger partial charge in [0.15, 0.2) is 0 Å². The van der Waals surface area contributed by atoms with Crippen molar-refractivity contribution in [1.82, 2.24) is 0 Å². The van der Waals surface area contributed by atoms with Crippen LogP contribution in [0, 0.1) is 0 Å². The number of rotatable bonds is 4. The van der Waals surface area contributed by atoms with Gasteiger partial charge < -0.3 is 14.6 Å². The summed E-state index contributed by atoms with van der Waals surface area (Å²) in [6, 6.07) is 11.3. The average Bonchev–Trinajstić information content (AvgIpc) is 2.94. The fourth-order valence-corrected chi connectivity index (χ4v) is 2.84.